The van der Waals surface area contributed by atoms with Gasteiger partial charge in [-0.2, -0.15) is 0 Å². The van der Waals surface area contributed by atoms with E-state index in [-0.39, 0.29) is 0 Å². The maximum atomic E-state index is 5.68. The molecule has 0 saturated heterocycles. The molecule has 0 aliphatic heterocycles. The summed E-state index contributed by atoms with van der Waals surface area (Å²) in [6, 6.07) is 9.95. The van der Waals surface area contributed by atoms with Gasteiger partial charge < -0.3 is 15.8 Å². The topological polar surface area (TPSA) is 60.2 Å². The molecule has 1 heterocycles. The van der Waals surface area contributed by atoms with E-state index >= 15 is 0 Å². The van der Waals surface area contributed by atoms with E-state index in [1.165, 1.54) is 5.56 Å². The zero-order valence-electron chi connectivity index (χ0n) is 11.3. The molecule has 4 heteroatoms. The average molecular weight is 257 g/mol. The van der Waals surface area contributed by atoms with Gasteiger partial charge in [-0.1, -0.05) is 12.1 Å². The van der Waals surface area contributed by atoms with Gasteiger partial charge in [0.2, 0.25) is 0 Å². The first-order valence-electron chi connectivity index (χ1n) is 6.36. The van der Waals surface area contributed by atoms with E-state index in [0.717, 1.165) is 23.7 Å². The quantitative estimate of drug-likeness (QED) is 0.864. The van der Waals surface area contributed by atoms with E-state index < -0.39 is 0 Å². The highest BCUT2D eigenvalue weighted by atomic mass is 16.5. The van der Waals surface area contributed by atoms with Crippen LogP contribution < -0.4 is 15.8 Å². The van der Waals surface area contributed by atoms with Gasteiger partial charge in [0.15, 0.2) is 0 Å². The number of aryl methyl sites for hydroxylation is 1. The Morgan fingerprint density at radius 3 is 2.63 bits per heavy atom. The van der Waals surface area contributed by atoms with E-state index in [4.69, 9.17) is 10.5 Å². The number of nitrogen functional groups attached to an aromatic ring is 1. The molecule has 0 saturated carbocycles. The molecule has 1 aromatic carbocycles. The van der Waals surface area contributed by atoms with Gasteiger partial charge in [-0.05, 0) is 43.2 Å². The van der Waals surface area contributed by atoms with E-state index in [0.29, 0.717) is 12.3 Å². The molecular formula is C15H19N3O. The fraction of sp³-hybridized carbons (Fsp3) is 0.267. The van der Waals surface area contributed by atoms with Crippen molar-refractivity contribution < 1.29 is 4.74 Å². The molecule has 0 atom stereocenters. The smallest absolute Gasteiger partial charge is 0.129 e. The van der Waals surface area contributed by atoms with Crippen LogP contribution in [0.4, 0.5) is 11.5 Å². The average Bonchev–Trinajstić information content (AvgIpc) is 2.40. The fourth-order valence-electron chi connectivity index (χ4n) is 1.84. The zero-order valence-corrected chi connectivity index (χ0v) is 11.3. The molecule has 0 aliphatic rings. The normalized spacial score (nSPS) is 10.2. The van der Waals surface area contributed by atoms with Crippen LogP contribution in [0.3, 0.4) is 0 Å². The SMILES string of the molecule is CCOc1ccc(CNc2ncc(N)cc2C)cc1. The number of ether oxygens (including phenoxy) is 1. The zero-order chi connectivity index (χ0) is 13.7. The van der Waals surface area contributed by atoms with Crippen molar-refractivity contribution in [1.29, 1.82) is 0 Å². The summed E-state index contributed by atoms with van der Waals surface area (Å²) in [7, 11) is 0. The Bertz CT molecular complexity index is 538. The lowest BCUT2D eigenvalue weighted by molar-refractivity contribution is 0.340. The van der Waals surface area contributed by atoms with Gasteiger partial charge in [0.25, 0.3) is 0 Å². The molecule has 0 spiro atoms. The molecule has 0 aliphatic carbocycles. The van der Waals surface area contributed by atoms with Gasteiger partial charge in [-0.3, -0.25) is 0 Å². The number of benzene rings is 1. The summed E-state index contributed by atoms with van der Waals surface area (Å²) in [5.41, 5.74) is 8.59. The maximum absolute atomic E-state index is 5.68. The second-order valence-corrected chi connectivity index (χ2v) is 4.36. The Hall–Kier alpha value is -2.23. The van der Waals surface area contributed by atoms with Crippen LogP contribution in [0.5, 0.6) is 5.75 Å². The van der Waals surface area contributed by atoms with Crippen LogP contribution in [-0.2, 0) is 6.54 Å². The van der Waals surface area contributed by atoms with Crippen molar-refractivity contribution in [2.45, 2.75) is 20.4 Å². The number of nitrogens with one attached hydrogen (secondary N) is 1. The predicted octanol–water partition coefficient (Wildman–Crippen LogP) is 2.98. The summed E-state index contributed by atoms with van der Waals surface area (Å²) >= 11 is 0. The lowest BCUT2D eigenvalue weighted by Crippen LogP contribution is -2.04. The third-order valence-corrected chi connectivity index (χ3v) is 2.79. The van der Waals surface area contributed by atoms with Crippen LogP contribution in [0.25, 0.3) is 0 Å². The predicted molar refractivity (Wildman–Crippen MR) is 78.3 cm³/mol. The first-order chi connectivity index (χ1) is 9.19. The summed E-state index contributed by atoms with van der Waals surface area (Å²) in [4.78, 5) is 4.28. The molecule has 19 heavy (non-hydrogen) atoms. The lowest BCUT2D eigenvalue weighted by atomic mass is 10.2. The van der Waals surface area contributed by atoms with Crippen LogP contribution in [0.15, 0.2) is 36.5 Å². The number of aromatic nitrogens is 1. The molecule has 2 aromatic rings. The van der Waals surface area contributed by atoms with Crippen LogP contribution in [0.2, 0.25) is 0 Å². The number of hydrogen-bond acceptors (Lipinski definition) is 4. The highest BCUT2D eigenvalue weighted by molar-refractivity contribution is 5.51. The van der Waals surface area contributed by atoms with Crippen molar-refractivity contribution in [2.75, 3.05) is 17.7 Å². The van der Waals surface area contributed by atoms with Crippen molar-refractivity contribution >= 4 is 11.5 Å². The Kier molecular flexibility index (Phi) is 4.23. The van der Waals surface area contributed by atoms with Crippen molar-refractivity contribution in [3.8, 4) is 5.75 Å². The monoisotopic (exact) mass is 257 g/mol. The second kappa shape index (κ2) is 6.09. The molecule has 1 aromatic heterocycles. The van der Waals surface area contributed by atoms with Crippen LogP contribution in [0.1, 0.15) is 18.1 Å². The summed E-state index contributed by atoms with van der Waals surface area (Å²) in [5, 5.41) is 3.30. The molecule has 0 fully saturated rings. The fourth-order valence-corrected chi connectivity index (χ4v) is 1.84. The molecule has 3 N–H and O–H groups in total. The van der Waals surface area contributed by atoms with Gasteiger partial charge in [-0.15, -0.1) is 0 Å². The molecule has 0 amide bonds. The summed E-state index contributed by atoms with van der Waals surface area (Å²) in [6.45, 7) is 5.38. The van der Waals surface area contributed by atoms with Crippen LogP contribution in [-0.4, -0.2) is 11.6 Å². The molecule has 0 unspecified atom stereocenters. The minimum atomic E-state index is 0.684. The highest BCUT2D eigenvalue weighted by Crippen LogP contribution is 2.16. The van der Waals surface area contributed by atoms with Gasteiger partial charge in [0.05, 0.1) is 18.5 Å². The Morgan fingerprint density at radius 2 is 2.00 bits per heavy atom. The van der Waals surface area contributed by atoms with Crippen molar-refractivity contribution in [3.05, 3.63) is 47.7 Å². The number of anilines is 2. The number of pyridine rings is 1. The third kappa shape index (κ3) is 3.61. The number of nitrogens with two attached hydrogens (primary N) is 1. The van der Waals surface area contributed by atoms with Crippen LogP contribution >= 0.6 is 0 Å². The lowest BCUT2D eigenvalue weighted by Gasteiger charge is -2.09. The first kappa shape index (κ1) is 13.2. The van der Waals surface area contributed by atoms with Crippen molar-refractivity contribution in [1.82, 2.24) is 4.98 Å². The van der Waals surface area contributed by atoms with Crippen molar-refractivity contribution in [2.24, 2.45) is 0 Å². The van der Waals surface area contributed by atoms with E-state index in [1.54, 1.807) is 6.20 Å². The van der Waals surface area contributed by atoms with E-state index in [9.17, 15) is 0 Å². The standard InChI is InChI=1S/C15H19N3O/c1-3-19-14-6-4-12(5-7-14)9-17-15-11(2)8-13(16)10-18-15/h4-8,10H,3,9,16H2,1-2H3,(H,17,18). The number of hydrogen-bond donors (Lipinski definition) is 2. The summed E-state index contributed by atoms with van der Waals surface area (Å²) in [6.07, 6.45) is 1.66. The van der Waals surface area contributed by atoms with E-state index in [1.807, 2.05) is 44.2 Å². The number of nitrogens with zero attached hydrogens (tertiary/aromatic N) is 1. The van der Waals surface area contributed by atoms with Gasteiger partial charge in [0.1, 0.15) is 11.6 Å². The molecule has 0 radical (unpaired) electrons. The summed E-state index contributed by atoms with van der Waals surface area (Å²) < 4.78 is 5.41. The van der Waals surface area contributed by atoms with Crippen LogP contribution in [0, 0.1) is 6.92 Å². The largest absolute Gasteiger partial charge is 0.494 e. The third-order valence-electron chi connectivity index (χ3n) is 2.79. The number of rotatable bonds is 5. The molecular weight excluding hydrogens is 238 g/mol. The van der Waals surface area contributed by atoms with Gasteiger partial charge in [0, 0.05) is 6.54 Å². The first-order valence-corrected chi connectivity index (χ1v) is 6.36. The maximum Gasteiger partial charge on any atom is 0.129 e. The highest BCUT2D eigenvalue weighted by Gasteiger charge is 2.00. The summed E-state index contributed by atoms with van der Waals surface area (Å²) in [5.74, 6) is 1.76. The van der Waals surface area contributed by atoms with Gasteiger partial charge >= 0.3 is 0 Å². The Labute approximate surface area is 113 Å². The Balaban J connectivity index is 1.98. The molecule has 100 valence electrons. The molecule has 0 bridgehead atoms. The van der Waals surface area contributed by atoms with Crippen molar-refractivity contribution in [3.63, 3.8) is 0 Å². The molecule has 2 rings (SSSR count). The Morgan fingerprint density at radius 1 is 1.26 bits per heavy atom. The minimum absolute atomic E-state index is 0.684. The van der Waals surface area contributed by atoms with Gasteiger partial charge in [-0.25, -0.2) is 4.98 Å². The second-order valence-electron chi connectivity index (χ2n) is 4.36. The van der Waals surface area contributed by atoms with E-state index in [2.05, 4.69) is 10.3 Å². The minimum Gasteiger partial charge on any atom is -0.494 e. The molecule has 4 nitrogen and oxygen atoms in total.